The summed E-state index contributed by atoms with van der Waals surface area (Å²) in [6.45, 7) is 1.79. The number of carbonyl (C=O) groups is 1. The Morgan fingerprint density at radius 3 is 3.03 bits per heavy atom. The molecular formula is C19H20BrN7O2. The lowest BCUT2D eigenvalue weighted by atomic mass is 10.0. The second kappa shape index (κ2) is 8.18. The molecule has 1 aliphatic rings. The number of hydrogen-bond acceptors (Lipinski definition) is 8. The molecule has 0 spiro atoms. The lowest BCUT2D eigenvalue weighted by Crippen LogP contribution is -2.39. The highest BCUT2D eigenvalue weighted by Gasteiger charge is 2.23. The third-order valence-corrected chi connectivity index (χ3v) is 5.18. The van der Waals surface area contributed by atoms with E-state index < -0.39 is 5.91 Å². The van der Waals surface area contributed by atoms with E-state index in [9.17, 15) is 4.79 Å². The Kier molecular flexibility index (Phi) is 5.45. The van der Waals surface area contributed by atoms with Crippen LogP contribution in [0.1, 0.15) is 18.4 Å². The molecule has 1 aliphatic heterocycles. The van der Waals surface area contributed by atoms with Crippen LogP contribution < -0.4 is 21.7 Å². The van der Waals surface area contributed by atoms with Gasteiger partial charge in [0, 0.05) is 28.9 Å². The summed E-state index contributed by atoms with van der Waals surface area (Å²) in [6.07, 6.45) is 3.60. The van der Waals surface area contributed by atoms with Crippen LogP contribution in [0.4, 0.5) is 17.5 Å². The van der Waals surface area contributed by atoms with E-state index in [1.54, 1.807) is 24.4 Å². The van der Waals surface area contributed by atoms with Crippen molar-refractivity contribution < 1.29 is 9.21 Å². The van der Waals surface area contributed by atoms with E-state index in [0.29, 0.717) is 16.8 Å². The second-order valence-electron chi connectivity index (χ2n) is 6.77. The Labute approximate surface area is 175 Å². The summed E-state index contributed by atoms with van der Waals surface area (Å²) >= 11 is 3.36. The van der Waals surface area contributed by atoms with E-state index in [4.69, 9.17) is 15.6 Å². The van der Waals surface area contributed by atoms with Gasteiger partial charge in [-0.25, -0.2) is 4.98 Å². The molecule has 1 fully saturated rings. The Hall–Kier alpha value is -2.98. The van der Waals surface area contributed by atoms with E-state index in [1.807, 2.05) is 6.07 Å². The standard InChI is InChI=1S/C19H20BrN7O2/c20-10-3-4-12-14(8-10)29-19(26-12)27-18(28)16(21)15-13(5-7-24-17(15)22)25-11-2-1-6-23-9-11/h3-5,7-8,11,21,23H,1-2,6,9H2,(H3,22,24,25)(H,26,27,28)/t11-/m1/s1. The number of fused-ring (bicyclic) bond motifs is 1. The molecule has 1 saturated heterocycles. The lowest BCUT2D eigenvalue weighted by molar-refractivity contribution is -0.110. The SMILES string of the molecule is N=C(C(=O)Nc1nc2ccc(Br)cc2o1)c1c(N[C@@H]2CCCNC2)ccnc1N. The fourth-order valence-electron chi connectivity index (χ4n) is 3.28. The van der Waals surface area contributed by atoms with Crippen molar-refractivity contribution in [1.82, 2.24) is 15.3 Å². The second-order valence-corrected chi connectivity index (χ2v) is 7.68. The van der Waals surface area contributed by atoms with Crippen molar-refractivity contribution in [3.8, 4) is 0 Å². The molecule has 10 heteroatoms. The van der Waals surface area contributed by atoms with Crippen molar-refractivity contribution >= 4 is 56.2 Å². The molecule has 4 rings (SSSR count). The number of benzene rings is 1. The maximum Gasteiger partial charge on any atom is 0.302 e. The van der Waals surface area contributed by atoms with Crippen LogP contribution in [0.15, 0.2) is 39.4 Å². The molecule has 2 aromatic heterocycles. The average Bonchev–Trinajstić information content (AvgIpc) is 3.09. The number of piperidine rings is 1. The summed E-state index contributed by atoms with van der Waals surface area (Å²) in [5.41, 5.74) is 7.68. The number of nitrogens with one attached hydrogen (secondary N) is 4. The van der Waals surface area contributed by atoms with Crippen LogP contribution in [0.25, 0.3) is 11.1 Å². The zero-order chi connectivity index (χ0) is 20.4. The lowest BCUT2D eigenvalue weighted by Gasteiger charge is -2.26. The van der Waals surface area contributed by atoms with Gasteiger partial charge in [0.15, 0.2) is 5.58 Å². The highest BCUT2D eigenvalue weighted by molar-refractivity contribution is 9.10. The summed E-state index contributed by atoms with van der Waals surface area (Å²) in [5, 5.41) is 17.6. The summed E-state index contributed by atoms with van der Waals surface area (Å²) in [5.74, 6) is -0.569. The Balaban J connectivity index is 1.55. The predicted molar refractivity (Wildman–Crippen MR) is 115 cm³/mol. The number of pyridine rings is 1. The number of anilines is 3. The number of rotatable bonds is 5. The first-order valence-electron chi connectivity index (χ1n) is 9.19. The van der Waals surface area contributed by atoms with Crippen molar-refractivity contribution in [2.24, 2.45) is 0 Å². The number of nitrogens with two attached hydrogens (primary N) is 1. The average molecular weight is 458 g/mol. The van der Waals surface area contributed by atoms with Crippen LogP contribution in [-0.2, 0) is 4.79 Å². The Bertz CT molecular complexity index is 1080. The van der Waals surface area contributed by atoms with Crippen LogP contribution >= 0.6 is 15.9 Å². The van der Waals surface area contributed by atoms with E-state index in [2.05, 4.69) is 41.8 Å². The van der Waals surface area contributed by atoms with Gasteiger partial charge in [-0.05, 0) is 43.7 Å². The number of nitrogens with zero attached hydrogens (tertiary/aromatic N) is 2. The number of hydrogen-bond donors (Lipinski definition) is 5. The summed E-state index contributed by atoms with van der Waals surface area (Å²) in [4.78, 5) is 21.0. The molecule has 6 N–H and O–H groups in total. The first kappa shape index (κ1) is 19.3. The van der Waals surface area contributed by atoms with Crippen LogP contribution in [0.2, 0.25) is 0 Å². The molecule has 3 heterocycles. The topological polar surface area (TPSA) is 142 Å². The summed E-state index contributed by atoms with van der Waals surface area (Å²) in [6, 6.07) is 7.27. The third kappa shape index (κ3) is 4.22. The van der Waals surface area contributed by atoms with E-state index in [1.165, 1.54) is 0 Å². The number of carbonyl (C=O) groups excluding carboxylic acids is 1. The van der Waals surface area contributed by atoms with Gasteiger partial charge >= 0.3 is 6.01 Å². The molecule has 150 valence electrons. The molecule has 1 aromatic carbocycles. The molecule has 0 bridgehead atoms. The Morgan fingerprint density at radius 1 is 1.38 bits per heavy atom. The fraction of sp³-hybridized carbons (Fsp3) is 0.263. The van der Waals surface area contributed by atoms with Gasteiger partial charge in [0.2, 0.25) is 0 Å². The predicted octanol–water partition coefficient (Wildman–Crippen LogP) is 2.74. The van der Waals surface area contributed by atoms with Crippen molar-refractivity contribution in [3.05, 3.63) is 40.5 Å². The van der Waals surface area contributed by atoms with Gasteiger partial charge in [0.25, 0.3) is 5.91 Å². The maximum atomic E-state index is 12.7. The molecule has 0 saturated carbocycles. The highest BCUT2D eigenvalue weighted by Crippen LogP contribution is 2.25. The van der Waals surface area contributed by atoms with Crippen LogP contribution in [0, 0.1) is 5.41 Å². The molecule has 0 unspecified atom stereocenters. The van der Waals surface area contributed by atoms with E-state index in [-0.39, 0.29) is 29.1 Å². The minimum Gasteiger partial charge on any atom is -0.423 e. The van der Waals surface area contributed by atoms with E-state index in [0.717, 1.165) is 30.4 Å². The first-order chi connectivity index (χ1) is 14.0. The summed E-state index contributed by atoms with van der Waals surface area (Å²) < 4.78 is 6.38. The highest BCUT2D eigenvalue weighted by atomic mass is 79.9. The molecule has 1 atom stereocenters. The van der Waals surface area contributed by atoms with Crippen molar-refractivity contribution in [3.63, 3.8) is 0 Å². The molecule has 0 aliphatic carbocycles. The molecule has 0 radical (unpaired) electrons. The van der Waals surface area contributed by atoms with Crippen LogP contribution in [-0.4, -0.2) is 40.7 Å². The van der Waals surface area contributed by atoms with Gasteiger partial charge in [-0.1, -0.05) is 15.9 Å². The monoisotopic (exact) mass is 457 g/mol. The third-order valence-electron chi connectivity index (χ3n) is 4.68. The molecule has 29 heavy (non-hydrogen) atoms. The van der Waals surface area contributed by atoms with Crippen molar-refractivity contribution in [2.75, 3.05) is 29.5 Å². The van der Waals surface area contributed by atoms with Gasteiger partial charge in [0.05, 0.1) is 5.56 Å². The largest absolute Gasteiger partial charge is 0.423 e. The molecule has 3 aromatic rings. The Morgan fingerprint density at radius 2 is 2.24 bits per heavy atom. The molecular weight excluding hydrogens is 438 g/mol. The number of aromatic nitrogens is 2. The van der Waals surface area contributed by atoms with Gasteiger partial charge in [-0.3, -0.25) is 15.5 Å². The molecule has 9 nitrogen and oxygen atoms in total. The number of nitrogen functional groups attached to an aromatic ring is 1. The fourth-order valence-corrected chi connectivity index (χ4v) is 3.62. The van der Waals surface area contributed by atoms with Crippen LogP contribution in [0.3, 0.4) is 0 Å². The van der Waals surface area contributed by atoms with Gasteiger partial charge in [-0.2, -0.15) is 4.98 Å². The minimum absolute atomic E-state index is 0.0151. The summed E-state index contributed by atoms with van der Waals surface area (Å²) in [7, 11) is 0. The maximum absolute atomic E-state index is 12.7. The first-order valence-corrected chi connectivity index (χ1v) is 9.98. The smallest absolute Gasteiger partial charge is 0.302 e. The van der Waals surface area contributed by atoms with Gasteiger partial charge in [0.1, 0.15) is 17.0 Å². The zero-order valence-electron chi connectivity index (χ0n) is 15.5. The number of halogens is 1. The van der Waals surface area contributed by atoms with Gasteiger partial charge in [-0.15, -0.1) is 0 Å². The molecule has 1 amide bonds. The number of oxazole rings is 1. The van der Waals surface area contributed by atoms with Crippen molar-refractivity contribution in [2.45, 2.75) is 18.9 Å². The van der Waals surface area contributed by atoms with E-state index >= 15 is 0 Å². The minimum atomic E-state index is -0.680. The normalized spacial score (nSPS) is 16.5. The van der Waals surface area contributed by atoms with Gasteiger partial charge < -0.3 is 20.8 Å². The zero-order valence-corrected chi connectivity index (χ0v) is 17.0. The number of amides is 1. The quantitative estimate of drug-likeness (QED) is 0.370. The van der Waals surface area contributed by atoms with Crippen molar-refractivity contribution in [1.29, 1.82) is 5.41 Å². The van der Waals surface area contributed by atoms with Crippen LogP contribution in [0.5, 0.6) is 0 Å².